The van der Waals surface area contributed by atoms with Gasteiger partial charge in [0.1, 0.15) is 5.82 Å². The lowest BCUT2D eigenvalue weighted by atomic mass is 10.1. The maximum atomic E-state index is 13.4. The highest BCUT2D eigenvalue weighted by Crippen LogP contribution is 2.15. The molecule has 3 nitrogen and oxygen atoms in total. The summed E-state index contributed by atoms with van der Waals surface area (Å²) in [6, 6.07) is 6.32. The van der Waals surface area contributed by atoms with Gasteiger partial charge in [-0.25, -0.2) is 12.8 Å². The maximum absolute atomic E-state index is 13.4. The van der Waals surface area contributed by atoms with E-state index in [1.165, 1.54) is 6.07 Å². The first-order chi connectivity index (χ1) is 7.59. The van der Waals surface area contributed by atoms with E-state index in [4.69, 9.17) is 0 Å². The van der Waals surface area contributed by atoms with Crippen molar-refractivity contribution < 1.29 is 12.8 Å². The summed E-state index contributed by atoms with van der Waals surface area (Å²) < 4.78 is 36.9. The van der Waals surface area contributed by atoms with Crippen LogP contribution in [0.4, 0.5) is 4.39 Å². The van der Waals surface area contributed by atoms with Crippen LogP contribution in [0.5, 0.6) is 0 Å². The Balaban J connectivity index is 2.18. The molecule has 0 aliphatic carbocycles. The van der Waals surface area contributed by atoms with Crippen LogP contribution in [0.1, 0.15) is 5.56 Å². The zero-order chi connectivity index (χ0) is 11.6. The molecule has 1 aliphatic heterocycles. The van der Waals surface area contributed by atoms with Crippen molar-refractivity contribution >= 4 is 9.84 Å². The van der Waals surface area contributed by atoms with E-state index >= 15 is 0 Å². The molecule has 0 aromatic heterocycles. The van der Waals surface area contributed by atoms with Crippen molar-refractivity contribution in [3.05, 3.63) is 35.6 Å². The highest BCUT2D eigenvalue weighted by atomic mass is 32.2. The van der Waals surface area contributed by atoms with E-state index in [-0.39, 0.29) is 18.0 Å². The molecule has 2 rings (SSSR count). The summed E-state index contributed by atoms with van der Waals surface area (Å²) in [7, 11) is -3.07. The molecule has 0 spiro atoms. The Labute approximate surface area is 94.6 Å². The molecule has 0 saturated carbocycles. The lowest BCUT2D eigenvalue weighted by molar-refractivity contribution is 0.537. The molecular weight excluding hydrogens is 229 g/mol. The lowest BCUT2D eigenvalue weighted by Gasteiger charge is -2.23. The fourth-order valence-electron chi connectivity index (χ4n) is 1.88. The maximum Gasteiger partial charge on any atom is 0.155 e. The summed E-state index contributed by atoms with van der Waals surface area (Å²) in [6.45, 7) is 0.909. The van der Waals surface area contributed by atoms with Crippen LogP contribution in [0.15, 0.2) is 24.3 Å². The van der Waals surface area contributed by atoms with Crippen molar-refractivity contribution in [2.24, 2.45) is 0 Å². The number of sulfone groups is 1. The summed E-state index contributed by atoms with van der Waals surface area (Å²) in [5, 5.41) is 2.53. The smallest absolute Gasteiger partial charge is 0.155 e. The van der Waals surface area contributed by atoms with Crippen molar-refractivity contribution in [3.8, 4) is 0 Å². The second-order valence-electron chi connectivity index (χ2n) is 3.99. The molecule has 1 fully saturated rings. The Morgan fingerprint density at radius 2 is 2.12 bits per heavy atom. The largest absolute Gasteiger partial charge is 0.314 e. The zero-order valence-electron chi connectivity index (χ0n) is 8.82. The molecule has 1 N–H and O–H groups in total. The molecule has 1 aromatic rings. The molecule has 0 amide bonds. The molecule has 1 heterocycles. The molecular formula is C11H14FNO2S. The Bertz CT molecular complexity index is 473. The molecule has 1 aromatic carbocycles. The molecule has 16 heavy (non-hydrogen) atoms. The van der Waals surface area contributed by atoms with E-state index in [0.29, 0.717) is 18.7 Å². The molecule has 1 atom stereocenters. The second-order valence-corrected chi connectivity index (χ2v) is 6.39. The lowest BCUT2D eigenvalue weighted by Crippen LogP contribution is -2.45. The van der Waals surface area contributed by atoms with Gasteiger partial charge in [-0.05, 0) is 18.1 Å². The van der Waals surface area contributed by atoms with E-state index in [1.54, 1.807) is 18.2 Å². The highest BCUT2D eigenvalue weighted by molar-refractivity contribution is 7.92. The predicted molar refractivity (Wildman–Crippen MR) is 60.5 cm³/mol. The van der Waals surface area contributed by atoms with Crippen LogP contribution < -0.4 is 5.32 Å². The quantitative estimate of drug-likeness (QED) is 0.834. The topological polar surface area (TPSA) is 46.2 Å². The van der Waals surface area contributed by atoms with E-state index in [9.17, 15) is 12.8 Å². The summed E-state index contributed by atoms with van der Waals surface area (Å²) in [5.41, 5.74) is 0.472. The molecule has 1 unspecified atom stereocenters. The molecule has 5 heteroatoms. The number of hydrogen-bond acceptors (Lipinski definition) is 3. The van der Waals surface area contributed by atoms with Gasteiger partial charge in [-0.2, -0.15) is 0 Å². The Kier molecular flexibility index (Phi) is 3.25. The first kappa shape index (κ1) is 11.5. The van der Waals surface area contributed by atoms with Gasteiger partial charge in [0.25, 0.3) is 0 Å². The van der Waals surface area contributed by atoms with E-state index < -0.39 is 15.1 Å². The minimum Gasteiger partial charge on any atom is -0.314 e. The number of benzene rings is 1. The number of hydrogen-bond donors (Lipinski definition) is 1. The molecule has 88 valence electrons. The molecule has 1 saturated heterocycles. The molecule has 0 radical (unpaired) electrons. The second kappa shape index (κ2) is 4.51. The van der Waals surface area contributed by atoms with Crippen LogP contribution in [0.25, 0.3) is 0 Å². The Morgan fingerprint density at radius 3 is 2.81 bits per heavy atom. The predicted octanol–water partition coefficient (Wildman–Crippen LogP) is 0.755. The van der Waals surface area contributed by atoms with Crippen LogP contribution in [-0.4, -0.2) is 32.5 Å². The van der Waals surface area contributed by atoms with Gasteiger partial charge in [-0.15, -0.1) is 0 Å². The van der Waals surface area contributed by atoms with Gasteiger partial charge >= 0.3 is 0 Å². The van der Waals surface area contributed by atoms with Gasteiger partial charge in [0.2, 0.25) is 0 Å². The van der Waals surface area contributed by atoms with Crippen LogP contribution in [-0.2, 0) is 16.3 Å². The van der Waals surface area contributed by atoms with Crippen LogP contribution >= 0.6 is 0 Å². The van der Waals surface area contributed by atoms with Gasteiger partial charge in [-0.1, -0.05) is 18.2 Å². The molecule has 1 aliphatic rings. The minimum atomic E-state index is -3.07. The standard InChI is InChI=1S/C11H14FNO2S/c12-11-4-2-1-3-9(11)7-10-8-13-5-6-16(10,14)15/h1-4,10,13H,5-8H2. The Morgan fingerprint density at radius 1 is 1.38 bits per heavy atom. The SMILES string of the molecule is O=S1(=O)CCNCC1Cc1ccccc1F. The third-order valence-electron chi connectivity index (χ3n) is 2.85. The van der Waals surface area contributed by atoms with Crippen LogP contribution in [0.3, 0.4) is 0 Å². The van der Waals surface area contributed by atoms with Gasteiger partial charge in [0, 0.05) is 13.1 Å². The van der Waals surface area contributed by atoms with E-state index in [0.717, 1.165) is 0 Å². The normalized spacial score (nSPS) is 24.2. The number of nitrogens with one attached hydrogen (secondary N) is 1. The van der Waals surface area contributed by atoms with Crippen LogP contribution in [0, 0.1) is 5.82 Å². The van der Waals surface area contributed by atoms with Gasteiger partial charge in [-0.3, -0.25) is 0 Å². The van der Waals surface area contributed by atoms with Crippen LogP contribution in [0.2, 0.25) is 0 Å². The first-order valence-electron chi connectivity index (χ1n) is 5.25. The third-order valence-corrected chi connectivity index (χ3v) is 4.97. The summed E-state index contributed by atoms with van der Waals surface area (Å²) in [5.74, 6) is -0.185. The van der Waals surface area contributed by atoms with Crippen molar-refractivity contribution in [2.75, 3.05) is 18.8 Å². The summed E-state index contributed by atoms with van der Waals surface area (Å²) in [4.78, 5) is 0. The molecule has 0 bridgehead atoms. The van der Waals surface area contributed by atoms with Crippen molar-refractivity contribution in [2.45, 2.75) is 11.7 Å². The monoisotopic (exact) mass is 243 g/mol. The Hall–Kier alpha value is -0.940. The zero-order valence-corrected chi connectivity index (χ0v) is 9.63. The van der Waals surface area contributed by atoms with Crippen molar-refractivity contribution in [3.63, 3.8) is 0 Å². The summed E-state index contributed by atoms with van der Waals surface area (Å²) in [6.07, 6.45) is 0.252. The summed E-state index contributed by atoms with van der Waals surface area (Å²) >= 11 is 0. The van der Waals surface area contributed by atoms with E-state index in [1.807, 2.05) is 0 Å². The van der Waals surface area contributed by atoms with Crippen molar-refractivity contribution in [1.82, 2.24) is 5.32 Å². The fraction of sp³-hybridized carbons (Fsp3) is 0.455. The van der Waals surface area contributed by atoms with Gasteiger partial charge in [0.05, 0.1) is 11.0 Å². The highest BCUT2D eigenvalue weighted by Gasteiger charge is 2.29. The van der Waals surface area contributed by atoms with E-state index in [2.05, 4.69) is 5.32 Å². The van der Waals surface area contributed by atoms with Crippen molar-refractivity contribution in [1.29, 1.82) is 0 Å². The fourth-order valence-corrected chi connectivity index (χ4v) is 3.45. The number of halogens is 1. The minimum absolute atomic E-state index is 0.145. The first-order valence-corrected chi connectivity index (χ1v) is 6.97. The third kappa shape index (κ3) is 2.41. The van der Waals surface area contributed by atoms with Gasteiger partial charge < -0.3 is 5.32 Å². The average Bonchev–Trinajstić information content (AvgIpc) is 2.24. The number of rotatable bonds is 2. The van der Waals surface area contributed by atoms with Gasteiger partial charge in [0.15, 0.2) is 9.84 Å². The average molecular weight is 243 g/mol.